The zero-order valence-electron chi connectivity index (χ0n) is 18.8. The molecule has 168 valence electrons. The van der Waals surface area contributed by atoms with E-state index >= 15 is 0 Å². The fourth-order valence-electron chi connectivity index (χ4n) is 3.78. The largest absolute Gasteiger partial charge is 0.496 e. The van der Waals surface area contributed by atoms with Crippen molar-refractivity contribution in [2.24, 2.45) is 0 Å². The molecule has 8 heteroatoms. The SMILES string of the molecule is COc1ccccc1-c1ccnc(-n2ncc(C(=O)NCc3cnc4ccccc4c3)c2C)n1. The third-order valence-corrected chi connectivity index (χ3v) is 5.57. The average molecular weight is 451 g/mol. The molecule has 0 saturated heterocycles. The molecule has 2 aromatic carbocycles. The predicted octanol–water partition coefficient (Wildman–Crippen LogP) is 4.12. The van der Waals surface area contributed by atoms with Crippen LogP contribution < -0.4 is 10.1 Å². The highest BCUT2D eigenvalue weighted by molar-refractivity contribution is 5.95. The maximum atomic E-state index is 12.9. The molecule has 5 aromatic rings. The van der Waals surface area contributed by atoms with Crippen LogP contribution in [-0.2, 0) is 6.54 Å². The topological polar surface area (TPSA) is 94.8 Å². The number of pyridine rings is 1. The number of fused-ring (bicyclic) bond motifs is 1. The Bertz CT molecular complexity index is 1490. The molecule has 1 N–H and O–H groups in total. The van der Waals surface area contributed by atoms with Crippen molar-refractivity contribution in [3.8, 4) is 23.0 Å². The summed E-state index contributed by atoms with van der Waals surface area (Å²) in [4.78, 5) is 26.3. The maximum Gasteiger partial charge on any atom is 0.255 e. The van der Waals surface area contributed by atoms with Gasteiger partial charge in [0.15, 0.2) is 0 Å². The first-order valence-corrected chi connectivity index (χ1v) is 10.8. The molecular formula is C26H22N6O2. The smallest absolute Gasteiger partial charge is 0.255 e. The molecular weight excluding hydrogens is 428 g/mol. The van der Waals surface area contributed by atoms with Gasteiger partial charge in [0.05, 0.1) is 35.8 Å². The lowest BCUT2D eigenvalue weighted by Crippen LogP contribution is -2.23. The molecule has 0 aliphatic rings. The standard InChI is InChI=1S/C26H22N6O2/c1-17-21(25(33)29-15-18-13-19-7-3-5-9-22(19)28-14-18)16-30-32(17)26-27-12-11-23(31-26)20-8-4-6-10-24(20)34-2/h3-14,16H,15H2,1-2H3,(H,29,33). The molecule has 0 fully saturated rings. The monoisotopic (exact) mass is 450 g/mol. The number of amides is 1. The van der Waals surface area contributed by atoms with Gasteiger partial charge in [-0.15, -0.1) is 0 Å². The Balaban J connectivity index is 1.36. The minimum Gasteiger partial charge on any atom is -0.496 e. The molecule has 3 heterocycles. The van der Waals surface area contributed by atoms with Gasteiger partial charge in [0.2, 0.25) is 0 Å². The summed E-state index contributed by atoms with van der Waals surface area (Å²) in [6, 6.07) is 19.4. The molecule has 8 nitrogen and oxygen atoms in total. The van der Waals surface area contributed by atoms with Gasteiger partial charge < -0.3 is 10.1 Å². The first-order valence-electron chi connectivity index (χ1n) is 10.8. The highest BCUT2D eigenvalue weighted by atomic mass is 16.5. The molecule has 0 aliphatic heterocycles. The number of hydrogen-bond acceptors (Lipinski definition) is 6. The van der Waals surface area contributed by atoms with Crippen molar-refractivity contribution in [2.75, 3.05) is 7.11 Å². The number of para-hydroxylation sites is 2. The summed E-state index contributed by atoms with van der Waals surface area (Å²) >= 11 is 0. The van der Waals surface area contributed by atoms with Crippen LogP contribution in [0.15, 0.2) is 79.3 Å². The highest BCUT2D eigenvalue weighted by Gasteiger charge is 2.17. The van der Waals surface area contributed by atoms with E-state index in [1.165, 1.54) is 6.20 Å². The van der Waals surface area contributed by atoms with Gasteiger partial charge in [-0.05, 0) is 42.8 Å². The van der Waals surface area contributed by atoms with Gasteiger partial charge >= 0.3 is 0 Å². The minimum absolute atomic E-state index is 0.224. The second-order valence-electron chi connectivity index (χ2n) is 7.72. The number of rotatable bonds is 6. The first-order chi connectivity index (χ1) is 16.6. The lowest BCUT2D eigenvalue weighted by molar-refractivity contribution is 0.0950. The number of nitrogens with one attached hydrogen (secondary N) is 1. The van der Waals surface area contributed by atoms with Crippen LogP contribution in [0.3, 0.4) is 0 Å². The number of carbonyl (C=O) groups is 1. The summed E-state index contributed by atoms with van der Waals surface area (Å²) in [6.45, 7) is 2.18. The fraction of sp³-hybridized carbons (Fsp3) is 0.115. The molecule has 1 amide bonds. The van der Waals surface area contributed by atoms with Crippen molar-refractivity contribution in [1.29, 1.82) is 0 Å². The molecule has 0 bridgehead atoms. The lowest BCUT2D eigenvalue weighted by atomic mass is 10.1. The van der Waals surface area contributed by atoms with E-state index in [4.69, 9.17) is 4.74 Å². The predicted molar refractivity (Wildman–Crippen MR) is 129 cm³/mol. The number of methoxy groups -OCH3 is 1. The quantitative estimate of drug-likeness (QED) is 0.418. The van der Waals surface area contributed by atoms with E-state index in [1.54, 1.807) is 24.2 Å². The van der Waals surface area contributed by atoms with E-state index < -0.39 is 0 Å². The average Bonchev–Trinajstić information content (AvgIpc) is 3.28. The van der Waals surface area contributed by atoms with Crippen LogP contribution in [0.4, 0.5) is 0 Å². The van der Waals surface area contributed by atoms with Gasteiger partial charge in [-0.1, -0.05) is 30.3 Å². The Morgan fingerprint density at radius 1 is 1.03 bits per heavy atom. The molecule has 0 saturated carbocycles. The van der Waals surface area contributed by atoms with Crippen LogP contribution in [0.1, 0.15) is 21.6 Å². The van der Waals surface area contributed by atoms with Gasteiger partial charge in [0.1, 0.15) is 5.75 Å². The second kappa shape index (κ2) is 9.11. The number of aromatic nitrogens is 5. The number of hydrogen-bond donors (Lipinski definition) is 1. The molecule has 0 atom stereocenters. The summed E-state index contributed by atoms with van der Waals surface area (Å²) in [7, 11) is 1.62. The molecule has 5 rings (SSSR count). The third-order valence-electron chi connectivity index (χ3n) is 5.57. The van der Waals surface area contributed by atoms with E-state index in [0.29, 0.717) is 35.2 Å². The molecule has 0 spiro atoms. The Labute approximate surface area is 196 Å². The Morgan fingerprint density at radius 2 is 1.85 bits per heavy atom. The van der Waals surface area contributed by atoms with E-state index in [0.717, 1.165) is 22.0 Å². The zero-order valence-corrected chi connectivity index (χ0v) is 18.8. The summed E-state index contributed by atoms with van der Waals surface area (Å²) in [6.07, 6.45) is 4.97. The Hall–Kier alpha value is -4.59. The molecule has 34 heavy (non-hydrogen) atoms. The highest BCUT2D eigenvalue weighted by Crippen LogP contribution is 2.28. The van der Waals surface area contributed by atoms with Crippen LogP contribution >= 0.6 is 0 Å². The van der Waals surface area contributed by atoms with Crippen LogP contribution in [-0.4, -0.2) is 37.7 Å². The summed E-state index contributed by atoms with van der Waals surface area (Å²) < 4.78 is 7.01. The number of nitrogens with zero attached hydrogens (tertiary/aromatic N) is 5. The summed E-state index contributed by atoms with van der Waals surface area (Å²) in [5.74, 6) is 0.865. The van der Waals surface area contributed by atoms with Crippen LogP contribution in [0.25, 0.3) is 28.1 Å². The van der Waals surface area contributed by atoms with Crippen molar-refractivity contribution in [3.63, 3.8) is 0 Å². The van der Waals surface area contributed by atoms with Gasteiger partial charge in [0.25, 0.3) is 11.9 Å². The van der Waals surface area contributed by atoms with Crippen LogP contribution in [0.2, 0.25) is 0 Å². The van der Waals surface area contributed by atoms with E-state index in [-0.39, 0.29) is 5.91 Å². The van der Waals surface area contributed by atoms with Crippen molar-refractivity contribution in [3.05, 3.63) is 96.1 Å². The van der Waals surface area contributed by atoms with Crippen molar-refractivity contribution >= 4 is 16.8 Å². The van der Waals surface area contributed by atoms with Gasteiger partial charge in [-0.2, -0.15) is 5.10 Å². The molecule has 0 aliphatic carbocycles. The Kier molecular flexibility index (Phi) is 5.70. The first kappa shape index (κ1) is 21.3. The normalized spacial score (nSPS) is 10.9. The van der Waals surface area contributed by atoms with Crippen molar-refractivity contribution in [2.45, 2.75) is 13.5 Å². The maximum absolute atomic E-state index is 12.9. The van der Waals surface area contributed by atoms with E-state index in [9.17, 15) is 4.79 Å². The summed E-state index contributed by atoms with van der Waals surface area (Å²) in [5, 5.41) is 8.35. The lowest BCUT2D eigenvalue weighted by Gasteiger charge is -2.09. The van der Waals surface area contributed by atoms with Gasteiger partial charge in [-0.25, -0.2) is 14.6 Å². The minimum atomic E-state index is -0.224. The third kappa shape index (κ3) is 4.09. The van der Waals surface area contributed by atoms with Gasteiger partial charge in [-0.3, -0.25) is 9.78 Å². The van der Waals surface area contributed by atoms with E-state index in [2.05, 4.69) is 25.4 Å². The number of benzene rings is 2. The van der Waals surface area contributed by atoms with E-state index in [1.807, 2.05) is 67.6 Å². The summed E-state index contributed by atoms with van der Waals surface area (Å²) in [5.41, 5.74) is 4.49. The van der Waals surface area contributed by atoms with Crippen molar-refractivity contribution < 1.29 is 9.53 Å². The second-order valence-corrected chi connectivity index (χ2v) is 7.72. The van der Waals surface area contributed by atoms with Crippen LogP contribution in [0, 0.1) is 6.92 Å². The molecule has 0 radical (unpaired) electrons. The van der Waals surface area contributed by atoms with Crippen molar-refractivity contribution in [1.82, 2.24) is 30.0 Å². The zero-order chi connectivity index (χ0) is 23.5. The fourth-order valence-corrected chi connectivity index (χ4v) is 3.78. The van der Waals surface area contributed by atoms with Gasteiger partial charge in [0, 0.05) is 29.9 Å². The molecule has 0 unspecified atom stereocenters. The molecule has 3 aromatic heterocycles. The number of ether oxygens (including phenoxy) is 1. The number of carbonyl (C=O) groups excluding carboxylic acids is 1. The Morgan fingerprint density at radius 3 is 2.74 bits per heavy atom. The van der Waals surface area contributed by atoms with Crippen LogP contribution in [0.5, 0.6) is 5.75 Å².